The predicted molar refractivity (Wildman–Crippen MR) is 66.4 cm³/mol. The Labute approximate surface area is 96.3 Å². The molecule has 2 N–H and O–H groups in total. The highest BCUT2D eigenvalue weighted by Crippen LogP contribution is 2.09. The fourth-order valence-corrected chi connectivity index (χ4v) is 2.11. The van der Waals surface area contributed by atoms with Crippen LogP contribution < -0.4 is 5.32 Å². The highest BCUT2D eigenvalue weighted by molar-refractivity contribution is 7.07. The summed E-state index contributed by atoms with van der Waals surface area (Å²) in [5.74, 6) is 0.647. The second kappa shape index (κ2) is 6.99. The fraction of sp³-hybridized carbons (Fsp3) is 0.667. The van der Waals surface area contributed by atoms with E-state index in [1.165, 1.54) is 5.56 Å². The van der Waals surface area contributed by atoms with Crippen molar-refractivity contribution in [2.75, 3.05) is 13.1 Å². The topological polar surface area (TPSA) is 32.3 Å². The standard InChI is InChI=1S/C12H21NOS/c1-10(2)7-13-8-12(14)4-3-11-5-6-15-9-11/h5-6,9-10,12-14H,3-4,7-8H2,1-2H3. The number of hydrogen-bond acceptors (Lipinski definition) is 3. The lowest BCUT2D eigenvalue weighted by Crippen LogP contribution is -2.29. The molecule has 0 spiro atoms. The van der Waals surface area contributed by atoms with Crippen LogP contribution in [0.15, 0.2) is 16.8 Å². The average Bonchev–Trinajstić information content (AvgIpc) is 2.66. The molecule has 0 aliphatic heterocycles. The first-order chi connectivity index (χ1) is 7.18. The van der Waals surface area contributed by atoms with Crippen molar-refractivity contribution < 1.29 is 5.11 Å². The second-order valence-corrected chi connectivity index (χ2v) is 5.16. The first-order valence-electron chi connectivity index (χ1n) is 5.58. The highest BCUT2D eigenvalue weighted by atomic mass is 32.1. The van der Waals surface area contributed by atoms with Crippen molar-refractivity contribution in [3.8, 4) is 0 Å². The van der Waals surface area contributed by atoms with E-state index in [0.717, 1.165) is 19.4 Å². The van der Waals surface area contributed by atoms with E-state index in [9.17, 15) is 5.11 Å². The lowest BCUT2D eigenvalue weighted by molar-refractivity contribution is 0.161. The van der Waals surface area contributed by atoms with Crippen LogP contribution in [-0.2, 0) is 6.42 Å². The molecule has 2 nitrogen and oxygen atoms in total. The maximum Gasteiger partial charge on any atom is 0.0667 e. The van der Waals surface area contributed by atoms with Gasteiger partial charge in [0, 0.05) is 6.54 Å². The van der Waals surface area contributed by atoms with Gasteiger partial charge in [0.2, 0.25) is 0 Å². The Morgan fingerprint density at radius 3 is 2.80 bits per heavy atom. The van der Waals surface area contributed by atoms with Crippen LogP contribution in [0.4, 0.5) is 0 Å². The molecule has 1 aromatic heterocycles. The summed E-state index contributed by atoms with van der Waals surface area (Å²) in [7, 11) is 0. The van der Waals surface area contributed by atoms with Crippen LogP contribution >= 0.6 is 11.3 Å². The Balaban J connectivity index is 2.06. The van der Waals surface area contributed by atoms with Crippen molar-refractivity contribution in [1.82, 2.24) is 5.32 Å². The first-order valence-corrected chi connectivity index (χ1v) is 6.52. The summed E-state index contributed by atoms with van der Waals surface area (Å²) in [5.41, 5.74) is 1.34. The molecule has 0 bridgehead atoms. The highest BCUT2D eigenvalue weighted by Gasteiger charge is 2.04. The molecule has 15 heavy (non-hydrogen) atoms. The van der Waals surface area contributed by atoms with Crippen LogP contribution in [0, 0.1) is 5.92 Å². The predicted octanol–water partition coefficient (Wildman–Crippen LogP) is 2.29. The summed E-state index contributed by atoms with van der Waals surface area (Å²) in [6.07, 6.45) is 1.61. The molecule has 1 unspecified atom stereocenters. The van der Waals surface area contributed by atoms with Crippen LogP contribution in [0.25, 0.3) is 0 Å². The third-order valence-corrected chi connectivity index (χ3v) is 3.01. The van der Waals surface area contributed by atoms with Gasteiger partial charge in [0.15, 0.2) is 0 Å². The molecule has 0 aliphatic rings. The van der Waals surface area contributed by atoms with E-state index in [1.807, 2.05) is 0 Å². The third-order valence-electron chi connectivity index (χ3n) is 2.28. The monoisotopic (exact) mass is 227 g/mol. The van der Waals surface area contributed by atoms with Gasteiger partial charge < -0.3 is 10.4 Å². The van der Waals surface area contributed by atoms with E-state index in [1.54, 1.807) is 11.3 Å². The summed E-state index contributed by atoms with van der Waals surface area (Å²) in [5, 5.41) is 17.2. The smallest absolute Gasteiger partial charge is 0.0667 e. The zero-order valence-electron chi connectivity index (χ0n) is 9.57. The maximum absolute atomic E-state index is 9.70. The van der Waals surface area contributed by atoms with Gasteiger partial charge >= 0.3 is 0 Å². The minimum absolute atomic E-state index is 0.219. The Hall–Kier alpha value is -0.380. The third kappa shape index (κ3) is 5.92. The fourth-order valence-electron chi connectivity index (χ4n) is 1.41. The molecule has 1 heterocycles. The van der Waals surface area contributed by atoms with Crippen molar-refractivity contribution >= 4 is 11.3 Å². The number of aryl methyl sites for hydroxylation is 1. The second-order valence-electron chi connectivity index (χ2n) is 4.38. The maximum atomic E-state index is 9.70. The van der Waals surface area contributed by atoms with Crippen LogP contribution in [0.2, 0.25) is 0 Å². The van der Waals surface area contributed by atoms with Crippen molar-refractivity contribution in [1.29, 1.82) is 0 Å². The SMILES string of the molecule is CC(C)CNCC(O)CCc1ccsc1. The zero-order chi connectivity index (χ0) is 11.1. The van der Waals surface area contributed by atoms with E-state index >= 15 is 0 Å². The van der Waals surface area contributed by atoms with Crippen molar-refractivity contribution in [2.24, 2.45) is 5.92 Å². The molecule has 0 aliphatic carbocycles. The molecule has 0 radical (unpaired) electrons. The lowest BCUT2D eigenvalue weighted by atomic mass is 10.1. The van der Waals surface area contributed by atoms with Crippen LogP contribution in [0.5, 0.6) is 0 Å². The molecule has 1 rings (SSSR count). The van der Waals surface area contributed by atoms with Gasteiger partial charge in [-0.05, 0) is 47.7 Å². The minimum Gasteiger partial charge on any atom is -0.392 e. The van der Waals surface area contributed by atoms with Gasteiger partial charge in [-0.15, -0.1) is 0 Å². The lowest BCUT2D eigenvalue weighted by Gasteiger charge is -2.12. The van der Waals surface area contributed by atoms with Crippen molar-refractivity contribution in [3.05, 3.63) is 22.4 Å². The number of aliphatic hydroxyl groups is 1. The Kier molecular flexibility index (Phi) is 5.91. The average molecular weight is 227 g/mol. The molecular weight excluding hydrogens is 206 g/mol. The van der Waals surface area contributed by atoms with Crippen LogP contribution in [0.3, 0.4) is 0 Å². The Morgan fingerprint density at radius 1 is 1.40 bits per heavy atom. The quantitative estimate of drug-likeness (QED) is 0.749. The summed E-state index contributed by atoms with van der Waals surface area (Å²) >= 11 is 1.72. The molecule has 3 heteroatoms. The van der Waals surface area contributed by atoms with Crippen molar-refractivity contribution in [3.63, 3.8) is 0 Å². The van der Waals surface area contributed by atoms with Crippen LogP contribution in [-0.4, -0.2) is 24.3 Å². The molecule has 1 atom stereocenters. The van der Waals surface area contributed by atoms with Gasteiger partial charge in [-0.1, -0.05) is 13.8 Å². The van der Waals surface area contributed by atoms with E-state index in [2.05, 4.69) is 36.0 Å². The largest absolute Gasteiger partial charge is 0.392 e. The number of hydrogen-bond donors (Lipinski definition) is 2. The molecule has 0 saturated heterocycles. The Morgan fingerprint density at radius 2 is 2.20 bits per heavy atom. The molecule has 1 aromatic rings. The molecule has 0 saturated carbocycles. The molecule has 86 valence electrons. The molecular formula is C12H21NOS. The van der Waals surface area contributed by atoms with Gasteiger partial charge in [0.1, 0.15) is 0 Å². The Bertz CT molecular complexity index is 246. The van der Waals surface area contributed by atoms with E-state index < -0.39 is 0 Å². The van der Waals surface area contributed by atoms with Crippen LogP contribution in [0.1, 0.15) is 25.8 Å². The van der Waals surface area contributed by atoms with E-state index in [4.69, 9.17) is 0 Å². The zero-order valence-corrected chi connectivity index (χ0v) is 10.4. The number of thiophene rings is 1. The first kappa shape index (κ1) is 12.7. The molecule has 0 aromatic carbocycles. The number of nitrogens with one attached hydrogen (secondary N) is 1. The molecule has 0 amide bonds. The molecule has 0 fully saturated rings. The number of aliphatic hydroxyl groups excluding tert-OH is 1. The van der Waals surface area contributed by atoms with Gasteiger partial charge in [-0.3, -0.25) is 0 Å². The van der Waals surface area contributed by atoms with Gasteiger partial charge in [0.25, 0.3) is 0 Å². The van der Waals surface area contributed by atoms with Gasteiger partial charge in [-0.2, -0.15) is 11.3 Å². The summed E-state index contributed by atoms with van der Waals surface area (Å²) in [4.78, 5) is 0. The summed E-state index contributed by atoms with van der Waals surface area (Å²) in [6, 6.07) is 2.12. The van der Waals surface area contributed by atoms with Gasteiger partial charge in [-0.25, -0.2) is 0 Å². The van der Waals surface area contributed by atoms with Gasteiger partial charge in [0.05, 0.1) is 6.10 Å². The summed E-state index contributed by atoms with van der Waals surface area (Å²) < 4.78 is 0. The normalized spacial score (nSPS) is 13.3. The van der Waals surface area contributed by atoms with Crippen molar-refractivity contribution in [2.45, 2.75) is 32.8 Å². The summed E-state index contributed by atoms with van der Waals surface area (Å²) in [6.45, 7) is 6.04. The minimum atomic E-state index is -0.219. The van der Waals surface area contributed by atoms with E-state index in [-0.39, 0.29) is 6.10 Å². The number of rotatable bonds is 7. The van der Waals surface area contributed by atoms with E-state index in [0.29, 0.717) is 12.5 Å².